The molecule has 1 aromatic heterocycles. The first-order valence-corrected chi connectivity index (χ1v) is 6.44. The lowest BCUT2D eigenvalue weighted by Crippen LogP contribution is -2.49. The molecule has 0 radical (unpaired) electrons. The molecule has 1 N–H and O–H groups in total. The Labute approximate surface area is 108 Å². The number of morpholine rings is 1. The highest BCUT2D eigenvalue weighted by molar-refractivity contribution is 7.03. The molecule has 98 valence electrons. The molecule has 0 aromatic carbocycles. The molecule has 1 fully saturated rings. The molecule has 0 bridgehead atoms. The van der Waals surface area contributed by atoms with Crippen molar-refractivity contribution in [2.45, 2.75) is 19.4 Å². The Bertz CT molecular complexity index is 460. The van der Waals surface area contributed by atoms with E-state index in [-0.39, 0.29) is 18.9 Å². The molecule has 1 aliphatic heterocycles. The summed E-state index contributed by atoms with van der Waals surface area (Å²) < 4.78 is 9.31. The van der Waals surface area contributed by atoms with E-state index >= 15 is 0 Å². The Morgan fingerprint density at radius 3 is 3.06 bits per heavy atom. The van der Waals surface area contributed by atoms with E-state index in [4.69, 9.17) is 9.84 Å². The van der Waals surface area contributed by atoms with Crippen molar-refractivity contribution in [1.82, 2.24) is 9.27 Å². The van der Waals surface area contributed by atoms with E-state index in [9.17, 15) is 9.59 Å². The van der Waals surface area contributed by atoms with E-state index in [0.717, 1.165) is 0 Å². The summed E-state index contributed by atoms with van der Waals surface area (Å²) >= 11 is 1.23. The van der Waals surface area contributed by atoms with E-state index in [2.05, 4.69) is 4.37 Å². The van der Waals surface area contributed by atoms with Crippen molar-refractivity contribution in [2.24, 2.45) is 0 Å². The van der Waals surface area contributed by atoms with Crippen molar-refractivity contribution < 1.29 is 19.4 Å². The monoisotopic (exact) mass is 270 g/mol. The Kier molecular flexibility index (Phi) is 3.93. The van der Waals surface area contributed by atoms with Gasteiger partial charge in [-0.1, -0.05) is 0 Å². The van der Waals surface area contributed by atoms with Crippen LogP contribution in [0.3, 0.4) is 0 Å². The molecular formula is C11H14N2O4S. The molecule has 0 aliphatic carbocycles. The van der Waals surface area contributed by atoms with Crippen molar-refractivity contribution in [3.8, 4) is 0 Å². The van der Waals surface area contributed by atoms with Crippen LogP contribution >= 0.6 is 11.5 Å². The maximum atomic E-state index is 12.3. The first-order valence-electron chi connectivity index (χ1n) is 5.61. The Morgan fingerprint density at radius 1 is 1.67 bits per heavy atom. The van der Waals surface area contributed by atoms with Gasteiger partial charge in [-0.15, -0.1) is 0 Å². The summed E-state index contributed by atoms with van der Waals surface area (Å²) in [5.74, 6) is -1.08. The van der Waals surface area contributed by atoms with Gasteiger partial charge >= 0.3 is 5.97 Å². The molecule has 6 nitrogen and oxygen atoms in total. The molecule has 0 spiro atoms. The molecule has 1 atom stereocenters. The molecule has 1 aliphatic rings. The number of carboxylic acid groups (broad SMARTS) is 1. The fourth-order valence-electron chi connectivity index (χ4n) is 1.95. The number of carboxylic acids is 1. The number of hydrogen-bond donors (Lipinski definition) is 1. The minimum atomic E-state index is -0.927. The fraction of sp³-hybridized carbons (Fsp3) is 0.545. The average Bonchev–Trinajstić information content (AvgIpc) is 2.74. The zero-order valence-electron chi connectivity index (χ0n) is 9.96. The van der Waals surface area contributed by atoms with Gasteiger partial charge in [-0.2, -0.15) is 4.37 Å². The maximum absolute atomic E-state index is 12.3. The van der Waals surface area contributed by atoms with Crippen LogP contribution in [-0.4, -0.2) is 52.1 Å². The molecule has 1 amide bonds. The van der Waals surface area contributed by atoms with Crippen LogP contribution in [-0.2, 0) is 9.53 Å². The third kappa shape index (κ3) is 2.68. The number of ether oxygens (including phenoxy) is 1. The SMILES string of the molecule is Cc1nscc1C(=O)N1CCOC[C@@H]1CC(=O)O. The Morgan fingerprint density at radius 2 is 2.44 bits per heavy atom. The van der Waals surface area contributed by atoms with Crippen LogP contribution in [0, 0.1) is 6.92 Å². The largest absolute Gasteiger partial charge is 0.481 e. The molecule has 2 heterocycles. The first kappa shape index (κ1) is 13.0. The van der Waals surface area contributed by atoms with Gasteiger partial charge in [0.2, 0.25) is 0 Å². The summed E-state index contributed by atoms with van der Waals surface area (Å²) in [5, 5.41) is 10.5. The predicted octanol–water partition coefficient (Wildman–Crippen LogP) is 0.767. The molecule has 1 saturated heterocycles. The zero-order chi connectivity index (χ0) is 13.1. The second kappa shape index (κ2) is 5.45. The van der Waals surface area contributed by atoms with Gasteiger partial charge in [-0.3, -0.25) is 9.59 Å². The number of rotatable bonds is 3. The summed E-state index contributed by atoms with van der Waals surface area (Å²) in [6.07, 6.45) is -0.0949. The van der Waals surface area contributed by atoms with Crippen molar-refractivity contribution in [3.05, 3.63) is 16.6 Å². The standard InChI is InChI=1S/C11H14N2O4S/c1-7-9(6-18-12-7)11(16)13-2-3-17-5-8(13)4-10(14)15/h6,8H,2-5H2,1H3,(H,14,15)/t8-/m0/s1. The molecule has 1 aromatic rings. The zero-order valence-corrected chi connectivity index (χ0v) is 10.8. The minimum Gasteiger partial charge on any atom is -0.481 e. The van der Waals surface area contributed by atoms with Gasteiger partial charge in [0.1, 0.15) is 0 Å². The normalized spacial score (nSPS) is 19.8. The van der Waals surface area contributed by atoms with Gasteiger partial charge in [0.25, 0.3) is 5.91 Å². The van der Waals surface area contributed by atoms with Crippen molar-refractivity contribution >= 4 is 23.4 Å². The van der Waals surface area contributed by atoms with Gasteiger partial charge in [0.05, 0.1) is 36.9 Å². The molecular weight excluding hydrogens is 256 g/mol. The second-order valence-electron chi connectivity index (χ2n) is 4.14. The third-order valence-corrected chi connectivity index (χ3v) is 3.60. The predicted molar refractivity (Wildman–Crippen MR) is 64.7 cm³/mol. The van der Waals surface area contributed by atoms with E-state index in [1.807, 2.05) is 0 Å². The lowest BCUT2D eigenvalue weighted by molar-refractivity contribution is -0.139. The fourth-order valence-corrected chi connectivity index (χ4v) is 2.63. The van der Waals surface area contributed by atoms with Gasteiger partial charge in [0.15, 0.2) is 0 Å². The number of carbonyl (C=O) groups is 2. The van der Waals surface area contributed by atoms with Gasteiger partial charge < -0.3 is 14.7 Å². The minimum absolute atomic E-state index is 0.0949. The van der Waals surface area contributed by atoms with Crippen LogP contribution in [0.5, 0.6) is 0 Å². The lowest BCUT2D eigenvalue weighted by Gasteiger charge is -2.34. The van der Waals surface area contributed by atoms with E-state index in [1.54, 1.807) is 17.2 Å². The number of hydrogen-bond acceptors (Lipinski definition) is 5. The smallest absolute Gasteiger partial charge is 0.305 e. The van der Waals surface area contributed by atoms with Gasteiger partial charge in [0, 0.05) is 11.9 Å². The van der Waals surface area contributed by atoms with Crippen molar-refractivity contribution in [2.75, 3.05) is 19.8 Å². The summed E-state index contributed by atoms with van der Waals surface area (Å²) in [6.45, 7) is 2.91. The van der Waals surface area contributed by atoms with Crippen LogP contribution in [0.1, 0.15) is 22.5 Å². The second-order valence-corrected chi connectivity index (χ2v) is 4.77. The Hall–Kier alpha value is -1.47. The summed E-state index contributed by atoms with van der Waals surface area (Å²) in [5.41, 5.74) is 1.24. The highest BCUT2D eigenvalue weighted by Gasteiger charge is 2.30. The maximum Gasteiger partial charge on any atom is 0.305 e. The van der Waals surface area contributed by atoms with Crippen LogP contribution in [0.4, 0.5) is 0 Å². The molecule has 7 heteroatoms. The Balaban J connectivity index is 2.16. The molecule has 18 heavy (non-hydrogen) atoms. The highest BCUT2D eigenvalue weighted by Crippen LogP contribution is 2.18. The number of amides is 1. The number of aliphatic carboxylic acids is 1. The highest BCUT2D eigenvalue weighted by atomic mass is 32.1. The third-order valence-electron chi connectivity index (χ3n) is 2.88. The molecule has 0 unspecified atom stereocenters. The first-order chi connectivity index (χ1) is 8.59. The summed E-state index contributed by atoms with van der Waals surface area (Å²) in [4.78, 5) is 24.7. The van der Waals surface area contributed by atoms with Crippen LogP contribution in [0.15, 0.2) is 5.38 Å². The average molecular weight is 270 g/mol. The summed E-state index contributed by atoms with van der Waals surface area (Å²) in [7, 11) is 0. The van der Waals surface area contributed by atoms with E-state index in [1.165, 1.54) is 11.5 Å². The number of aromatic nitrogens is 1. The topological polar surface area (TPSA) is 79.7 Å². The molecule has 2 rings (SSSR count). The summed E-state index contributed by atoms with van der Waals surface area (Å²) in [6, 6.07) is -0.400. The lowest BCUT2D eigenvalue weighted by atomic mass is 10.1. The van der Waals surface area contributed by atoms with Gasteiger partial charge in [-0.05, 0) is 18.5 Å². The quantitative estimate of drug-likeness (QED) is 0.877. The number of carbonyl (C=O) groups excluding carboxylic acids is 1. The number of nitrogens with zero attached hydrogens (tertiary/aromatic N) is 2. The van der Waals surface area contributed by atoms with Gasteiger partial charge in [-0.25, -0.2) is 0 Å². The van der Waals surface area contributed by atoms with Crippen LogP contribution in [0.25, 0.3) is 0 Å². The van der Waals surface area contributed by atoms with Crippen molar-refractivity contribution in [1.29, 1.82) is 0 Å². The van der Waals surface area contributed by atoms with E-state index in [0.29, 0.717) is 24.4 Å². The van der Waals surface area contributed by atoms with Crippen molar-refractivity contribution in [3.63, 3.8) is 0 Å². The number of aryl methyl sites for hydroxylation is 1. The van der Waals surface area contributed by atoms with Crippen LogP contribution < -0.4 is 0 Å². The molecule has 0 saturated carbocycles. The van der Waals surface area contributed by atoms with Crippen LogP contribution in [0.2, 0.25) is 0 Å². The van der Waals surface area contributed by atoms with E-state index < -0.39 is 12.0 Å².